The number of amides is 1. The summed E-state index contributed by atoms with van der Waals surface area (Å²) in [7, 11) is 0. The zero-order valence-corrected chi connectivity index (χ0v) is 13.9. The number of carbonyl (C=O) groups excluding carboxylic acids is 1. The van der Waals surface area contributed by atoms with Crippen LogP contribution in [0.5, 0.6) is 0 Å². The van der Waals surface area contributed by atoms with Crippen LogP contribution in [0.25, 0.3) is 0 Å². The molecule has 0 saturated carbocycles. The van der Waals surface area contributed by atoms with Crippen LogP contribution in [-0.2, 0) is 4.79 Å². The summed E-state index contributed by atoms with van der Waals surface area (Å²) in [5, 5.41) is 3.13. The van der Waals surface area contributed by atoms with Crippen LogP contribution in [0, 0.1) is 5.92 Å². The van der Waals surface area contributed by atoms with Crippen molar-refractivity contribution in [3.63, 3.8) is 0 Å². The van der Waals surface area contributed by atoms with Gasteiger partial charge >= 0.3 is 0 Å². The lowest BCUT2D eigenvalue weighted by atomic mass is 9.94. The van der Waals surface area contributed by atoms with Crippen LogP contribution in [0.4, 0.5) is 0 Å². The third-order valence-corrected chi connectivity index (χ3v) is 3.95. The van der Waals surface area contributed by atoms with Gasteiger partial charge in [-0.15, -0.1) is 0 Å². The van der Waals surface area contributed by atoms with E-state index >= 15 is 0 Å². The van der Waals surface area contributed by atoms with Crippen molar-refractivity contribution in [3.05, 3.63) is 0 Å². The zero-order chi connectivity index (χ0) is 15.2. The van der Waals surface area contributed by atoms with Gasteiger partial charge in [0.15, 0.2) is 0 Å². The molecule has 0 aromatic carbocycles. The Bertz CT molecular complexity index is 225. The molecule has 20 heavy (non-hydrogen) atoms. The van der Waals surface area contributed by atoms with Crippen molar-refractivity contribution in [3.8, 4) is 0 Å². The highest BCUT2D eigenvalue weighted by atomic mass is 16.1. The summed E-state index contributed by atoms with van der Waals surface area (Å²) in [6.07, 6.45) is 11.2. The van der Waals surface area contributed by atoms with Gasteiger partial charge in [-0.1, -0.05) is 52.4 Å². The van der Waals surface area contributed by atoms with Crippen LogP contribution < -0.4 is 11.1 Å². The van der Waals surface area contributed by atoms with Gasteiger partial charge < -0.3 is 11.1 Å². The van der Waals surface area contributed by atoms with Gasteiger partial charge in [-0.05, 0) is 38.6 Å². The number of rotatable bonds is 13. The molecule has 0 aliphatic rings. The van der Waals surface area contributed by atoms with E-state index < -0.39 is 0 Å². The van der Waals surface area contributed by atoms with Gasteiger partial charge in [0.25, 0.3) is 0 Å². The van der Waals surface area contributed by atoms with Gasteiger partial charge in [-0.3, -0.25) is 4.79 Å². The first-order valence-electron chi connectivity index (χ1n) is 8.63. The molecule has 0 bridgehead atoms. The smallest absolute Gasteiger partial charge is 0.220 e. The first-order chi connectivity index (χ1) is 9.63. The highest BCUT2D eigenvalue weighted by Crippen LogP contribution is 2.17. The minimum Gasteiger partial charge on any atom is -0.354 e. The highest BCUT2D eigenvalue weighted by Gasteiger charge is 2.11. The third kappa shape index (κ3) is 11.3. The summed E-state index contributed by atoms with van der Waals surface area (Å²) < 4.78 is 0. The van der Waals surface area contributed by atoms with E-state index in [0.29, 0.717) is 18.4 Å². The van der Waals surface area contributed by atoms with Crippen molar-refractivity contribution >= 4 is 5.91 Å². The molecule has 120 valence electrons. The number of nitrogens with two attached hydrogens (primary N) is 1. The minimum atomic E-state index is 0.214. The Kier molecular flexibility index (Phi) is 13.0. The highest BCUT2D eigenvalue weighted by molar-refractivity contribution is 5.76. The van der Waals surface area contributed by atoms with E-state index in [-0.39, 0.29) is 5.91 Å². The fourth-order valence-electron chi connectivity index (χ4n) is 2.71. The van der Waals surface area contributed by atoms with E-state index in [1.165, 1.54) is 38.5 Å². The van der Waals surface area contributed by atoms with Crippen LogP contribution in [0.1, 0.15) is 85.0 Å². The van der Waals surface area contributed by atoms with Crippen molar-refractivity contribution in [2.45, 2.75) is 91.0 Å². The molecule has 0 aromatic heterocycles. The van der Waals surface area contributed by atoms with Crippen LogP contribution in [0.3, 0.4) is 0 Å². The second kappa shape index (κ2) is 13.4. The number of nitrogens with one attached hydrogen (secondary N) is 1. The molecule has 2 atom stereocenters. The predicted molar refractivity (Wildman–Crippen MR) is 87.7 cm³/mol. The maximum absolute atomic E-state index is 11.9. The van der Waals surface area contributed by atoms with E-state index in [1.807, 2.05) is 0 Å². The molecule has 3 N–H and O–H groups in total. The Morgan fingerprint density at radius 3 is 2.35 bits per heavy atom. The number of carbonyl (C=O) groups is 1. The Balaban J connectivity index is 3.73. The maximum Gasteiger partial charge on any atom is 0.220 e. The summed E-state index contributed by atoms with van der Waals surface area (Å²) >= 11 is 0. The monoisotopic (exact) mass is 284 g/mol. The van der Waals surface area contributed by atoms with Crippen molar-refractivity contribution in [1.29, 1.82) is 0 Å². The fourth-order valence-corrected chi connectivity index (χ4v) is 2.71. The second-order valence-electron chi connectivity index (χ2n) is 6.09. The van der Waals surface area contributed by atoms with Gasteiger partial charge in [0, 0.05) is 12.5 Å². The summed E-state index contributed by atoms with van der Waals surface area (Å²) in [6, 6.07) is 0.318. The SMILES string of the molecule is CCCCCCC(C)NC(=O)CCC(CCC)CCN. The van der Waals surface area contributed by atoms with Crippen molar-refractivity contribution in [2.24, 2.45) is 11.7 Å². The lowest BCUT2D eigenvalue weighted by Gasteiger charge is -2.17. The molecule has 1 amide bonds. The number of unbranched alkanes of at least 4 members (excludes halogenated alkanes) is 3. The molecule has 0 saturated heterocycles. The molecule has 3 nitrogen and oxygen atoms in total. The van der Waals surface area contributed by atoms with E-state index in [0.717, 1.165) is 25.8 Å². The molecule has 2 unspecified atom stereocenters. The van der Waals surface area contributed by atoms with Crippen LogP contribution >= 0.6 is 0 Å². The minimum absolute atomic E-state index is 0.214. The molecule has 0 fully saturated rings. The molecule has 0 spiro atoms. The molecule has 0 rings (SSSR count). The summed E-state index contributed by atoms with van der Waals surface area (Å²) in [4.78, 5) is 11.9. The predicted octanol–water partition coefficient (Wildman–Crippen LogP) is 4.01. The fraction of sp³-hybridized carbons (Fsp3) is 0.941. The van der Waals surface area contributed by atoms with Gasteiger partial charge in [0.2, 0.25) is 5.91 Å². The standard InChI is InChI=1S/C17H36N2O/c1-4-6-7-8-10-15(3)19-17(20)12-11-16(9-5-2)13-14-18/h15-16H,4-14,18H2,1-3H3,(H,19,20). The Labute approximate surface area is 126 Å². The van der Waals surface area contributed by atoms with E-state index in [2.05, 4.69) is 26.1 Å². The Morgan fingerprint density at radius 2 is 1.75 bits per heavy atom. The van der Waals surface area contributed by atoms with E-state index in [9.17, 15) is 4.79 Å². The molecule has 0 radical (unpaired) electrons. The van der Waals surface area contributed by atoms with Crippen molar-refractivity contribution < 1.29 is 4.79 Å². The van der Waals surface area contributed by atoms with Crippen molar-refractivity contribution in [1.82, 2.24) is 5.32 Å². The third-order valence-electron chi connectivity index (χ3n) is 3.95. The quantitative estimate of drug-likeness (QED) is 0.502. The molecule has 0 heterocycles. The second-order valence-corrected chi connectivity index (χ2v) is 6.09. The topological polar surface area (TPSA) is 55.1 Å². The first-order valence-corrected chi connectivity index (χ1v) is 8.63. The van der Waals surface area contributed by atoms with Crippen molar-refractivity contribution in [2.75, 3.05) is 6.54 Å². The average Bonchev–Trinajstić information content (AvgIpc) is 2.41. The van der Waals surface area contributed by atoms with Gasteiger partial charge in [0.05, 0.1) is 0 Å². The molecule has 0 aliphatic heterocycles. The molecule has 0 aromatic rings. The van der Waals surface area contributed by atoms with E-state index in [4.69, 9.17) is 5.73 Å². The molecule has 0 aliphatic carbocycles. The molecular formula is C17H36N2O. The van der Waals surface area contributed by atoms with E-state index in [1.54, 1.807) is 0 Å². The summed E-state index contributed by atoms with van der Waals surface area (Å²) in [5.41, 5.74) is 5.63. The average molecular weight is 284 g/mol. The van der Waals surface area contributed by atoms with Crippen LogP contribution in [-0.4, -0.2) is 18.5 Å². The van der Waals surface area contributed by atoms with Gasteiger partial charge in [-0.25, -0.2) is 0 Å². The Hall–Kier alpha value is -0.570. The molecule has 3 heteroatoms. The number of hydrogen-bond donors (Lipinski definition) is 2. The lowest BCUT2D eigenvalue weighted by Crippen LogP contribution is -2.32. The first kappa shape index (κ1) is 19.4. The summed E-state index contributed by atoms with van der Waals surface area (Å²) in [6.45, 7) is 7.27. The largest absolute Gasteiger partial charge is 0.354 e. The normalized spacial score (nSPS) is 14.0. The summed E-state index contributed by atoms with van der Waals surface area (Å²) in [5.74, 6) is 0.835. The Morgan fingerprint density at radius 1 is 1.00 bits per heavy atom. The van der Waals surface area contributed by atoms with Crippen LogP contribution in [0.2, 0.25) is 0 Å². The van der Waals surface area contributed by atoms with Gasteiger partial charge in [-0.2, -0.15) is 0 Å². The zero-order valence-electron chi connectivity index (χ0n) is 13.9. The molecular weight excluding hydrogens is 248 g/mol. The lowest BCUT2D eigenvalue weighted by molar-refractivity contribution is -0.122. The van der Waals surface area contributed by atoms with Gasteiger partial charge in [0.1, 0.15) is 0 Å². The van der Waals surface area contributed by atoms with Crippen LogP contribution in [0.15, 0.2) is 0 Å². The number of hydrogen-bond acceptors (Lipinski definition) is 2. The maximum atomic E-state index is 11.9.